The molecule has 0 atom stereocenters. The summed E-state index contributed by atoms with van der Waals surface area (Å²) in [7, 11) is 0. The molecule has 2 fully saturated rings. The first kappa shape index (κ1) is 14.4. The molecule has 1 aliphatic carbocycles. The number of amides is 1. The molecular formula is C18H26N2O. The molecule has 0 radical (unpaired) electrons. The van der Waals surface area contributed by atoms with Crippen molar-refractivity contribution in [1.82, 2.24) is 5.32 Å². The molecule has 21 heavy (non-hydrogen) atoms. The van der Waals surface area contributed by atoms with Gasteiger partial charge in [0.25, 0.3) is 5.91 Å². The summed E-state index contributed by atoms with van der Waals surface area (Å²) in [6, 6.07) is 6.52. The van der Waals surface area contributed by atoms with Crippen LogP contribution in [0.15, 0.2) is 18.2 Å². The number of hydrogen-bond acceptors (Lipinski definition) is 2. The lowest BCUT2D eigenvalue weighted by molar-refractivity contribution is 0.0927. The Morgan fingerprint density at radius 1 is 1.10 bits per heavy atom. The zero-order valence-corrected chi connectivity index (χ0v) is 13.0. The van der Waals surface area contributed by atoms with Crippen molar-refractivity contribution in [3.05, 3.63) is 29.3 Å². The van der Waals surface area contributed by atoms with Crippen LogP contribution in [0.2, 0.25) is 0 Å². The molecule has 0 unspecified atom stereocenters. The maximum absolute atomic E-state index is 12.6. The number of nitrogens with one attached hydrogen (secondary N) is 1. The van der Waals surface area contributed by atoms with E-state index in [1.807, 2.05) is 12.1 Å². The minimum Gasteiger partial charge on any atom is -0.371 e. The maximum atomic E-state index is 12.6. The fourth-order valence-electron chi connectivity index (χ4n) is 3.68. The molecule has 1 aromatic carbocycles. The highest BCUT2D eigenvalue weighted by molar-refractivity contribution is 5.97. The van der Waals surface area contributed by atoms with Gasteiger partial charge in [-0.3, -0.25) is 4.79 Å². The van der Waals surface area contributed by atoms with E-state index in [0.717, 1.165) is 37.1 Å². The van der Waals surface area contributed by atoms with Gasteiger partial charge in [0, 0.05) is 30.4 Å². The first-order valence-corrected chi connectivity index (χ1v) is 8.41. The van der Waals surface area contributed by atoms with Crippen LogP contribution in [0.5, 0.6) is 0 Å². The van der Waals surface area contributed by atoms with Crippen LogP contribution < -0.4 is 10.2 Å². The third-order valence-corrected chi connectivity index (χ3v) is 4.94. The van der Waals surface area contributed by atoms with Gasteiger partial charge in [-0.2, -0.15) is 0 Å². The minimum absolute atomic E-state index is 0.112. The number of carbonyl (C=O) groups is 1. The second kappa shape index (κ2) is 6.50. The van der Waals surface area contributed by atoms with Crippen LogP contribution in [0, 0.1) is 6.92 Å². The first-order valence-electron chi connectivity index (χ1n) is 8.41. The quantitative estimate of drug-likeness (QED) is 0.919. The summed E-state index contributed by atoms with van der Waals surface area (Å²) in [6.45, 7) is 4.33. The average Bonchev–Trinajstić information content (AvgIpc) is 3.02. The molecule has 114 valence electrons. The maximum Gasteiger partial charge on any atom is 0.251 e. The number of hydrogen-bond donors (Lipinski definition) is 1. The lowest BCUT2D eigenvalue weighted by atomic mass is 9.95. The molecule has 1 heterocycles. The Bertz CT molecular complexity index is 500. The fraction of sp³-hybridized carbons (Fsp3) is 0.611. The Hall–Kier alpha value is -1.51. The Morgan fingerprint density at radius 2 is 1.81 bits per heavy atom. The second-order valence-corrected chi connectivity index (χ2v) is 6.45. The van der Waals surface area contributed by atoms with Crippen LogP contribution in [0.3, 0.4) is 0 Å². The molecule has 1 N–H and O–H groups in total. The average molecular weight is 286 g/mol. The van der Waals surface area contributed by atoms with Gasteiger partial charge in [0.2, 0.25) is 0 Å². The third-order valence-electron chi connectivity index (χ3n) is 4.94. The van der Waals surface area contributed by atoms with Gasteiger partial charge in [-0.05, 0) is 50.3 Å². The molecule has 0 spiro atoms. The minimum atomic E-state index is 0.112. The normalized spacial score (nSPS) is 19.8. The van der Waals surface area contributed by atoms with E-state index in [1.54, 1.807) is 0 Å². The molecule has 3 heteroatoms. The number of benzene rings is 1. The van der Waals surface area contributed by atoms with Crippen LogP contribution in [-0.2, 0) is 0 Å². The summed E-state index contributed by atoms with van der Waals surface area (Å²) < 4.78 is 0. The van der Waals surface area contributed by atoms with Gasteiger partial charge in [0.05, 0.1) is 0 Å². The Labute approximate surface area is 127 Å². The van der Waals surface area contributed by atoms with Gasteiger partial charge in [-0.15, -0.1) is 0 Å². The van der Waals surface area contributed by atoms with Crippen molar-refractivity contribution in [3.63, 3.8) is 0 Å². The van der Waals surface area contributed by atoms with Gasteiger partial charge in [0.15, 0.2) is 0 Å². The van der Waals surface area contributed by atoms with Crippen LogP contribution in [0.1, 0.15) is 60.9 Å². The summed E-state index contributed by atoms with van der Waals surface area (Å²) in [6.07, 6.45) is 8.61. The van der Waals surface area contributed by atoms with Gasteiger partial charge in [-0.25, -0.2) is 0 Å². The second-order valence-electron chi connectivity index (χ2n) is 6.45. The number of nitrogens with zero attached hydrogens (tertiary/aromatic N) is 1. The molecule has 3 nitrogen and oxygen atoms in total. The van der Waals surface area contributed by atoms with Crippen molar-refractivity contribution in [2.45, 2.75) is 57.9 Å². The molecule has 1 amide bonds. The SMILES string of the molecule is Cc1c(C(=O)NC2CCCCC2)cccc1N1CCCC1. The topological polar surface area (TPSA) is 32.3 Å². The Morgan fingerprint density at radius 3 is 2.52 bits per heavy atom. The lowest BCUT2D eigenvalue weighted by Crippen LogP contribution is -2.36. The van der Waals surface area contributed by atoms with E-state index in [0.29, 0.717) is 6.04 Å². The molecule has 2 aliphatic rings. The van der Waals surface area contributed by atoms with Gasteiger partial charge >= 0.3 is 0 Å². The standard InChI is InChI=1S/C18H26N2O/c1-14-16(18(21)19-15-8-3-2-4-9-15)10-7-11-17(14)20-12-5-6-13-20/h7,10-11,15H,2-6,8-9,12-13H2,1H3,(H,19,21). The van der Waals surface area contributed by atoms with Crippen molar-refractivity contribution < 1.29 is 4.79 Å². The molecule has 0 aromatic heterocycles. The van der Waals surface area contributed by atoms with Gasteiger partial charge < -0.3 is 10.2 Å². The summed E-state index contributed by atoms with van der Waals surface area (Å²) in [5.41, 5.74) is 3.22. The van der Waals surface area contributed by atoms with Crippen LogP contribution >= 0.6 is 0 Å². The first-order chi connectivity index (χ1) is 10.3. The third kappa shape index (κ3) is 3.22. The van der Waals surface area contributed by atoms with Crippen molar-refractivity contribution >= 4 is 11.6 Å². The fourth-order valence-corrected chi connectivity index (χ4v) is 3.68. The van der Waals surface area contributed by atoms with Gasteiger partial charge in [-0.1, -0.05) is 25.3 Å². The zero-order valence-electron chi connectivity index (χ0n) is 13.0. The number of anilines is 1. The molecule has 1 aliphatic heterocycles. The van der Waals surface area contributed by atoms with Crippen molar-refractivity contribution in [1.29, 1.82) is 0 Å². The van der Waals surface area contributed by atoms with E-state index in [9.17, 15) is 4.79 Å². The van der Waals surface area contributed by atoms with Crippen molar-refractivity contribution in [2.24, 2.45) is 0 Å². The predicted octanol–water partition coefficient (Wildman–Crippen LogP) is 3.66. The molecule has 1 aromatic rings. The molecule has 1 saturated carbocycles. The van der Waals surface area contributed by atoms with Crippen LogP contribution in [0.4, 0.5) is 5.69 Å². The molecule has 1 saturated heterocycles. The summed E-state index contributed by atoms with van der Waals surface area (Å²) in [4.78, 5) is 15.0. The highest BCUT2D eigenvalue weighted by Gasteiger charge is 2.20. The number of carbonyl (C=O) groups excluding carboxylic acids is 1. The summed E-state index contributed by atoms with van der Waals surface area (Å²) in [5, 5.41) is 3.24. The van der Waals surface area contributed by atoms with Crippen molar-refractivity contribution in [3.8, 4) is 0 Å². The van der Waals surface area contributed by atoms with E-state index in [1.165, 1.54) is 37.8 Å². The largest absolute Gasteiger partial charge is 0.371 e. The molecule has 0 bridgehead atoms. The van der Waals surface area contributed by atoms with Crippen molar-refractivity contribution in [2.75, 3.05) is 18.0 Å². The summed E-state index contributed by atoms with van der Waals surface area (Å²) in [5.74, 6) is 0.112. The van der Waals surface area contributed by atoms with E-state index < -0.39 is 0 Å². The Balaban J connectivity index is 1.74. The molecule has 3 rings (SSSR count). The van der Waals surface area contributed by atoms with E-state index in [-0.39, 0.29) is 5.91 Å². The monoisotopic (exact) mass is 286 g/mol. The summed E-state index contributed by atoms with van der Waals surface area (Å²) >= 11 is 0. The van der Waals surface area contributed by atoms with Gasteiger partial charge in [0.1, 0.15) is 0 Å². The highest BCUT2D eigenvalue weighted by Crippen LogP contribution is 2.27. The van der Waals surface area contributed by atoms with Crippen LogP contribution in [-0.4, -0.2) is 25.0 Å². The van der Waals surface area contributed by atoms with E-state index in [2.05, 4.69) is 23.2 Å². The number of rotatable bonds is 3. The van der Waals surface area contributed by atoms with E-state index in [4.69, 9.17) is 0 Å². The molecular weight excluding hydrogens is 260 g/mol. The lowest BCUT2D eigenvalue weighted by Gasteiger charge is -2.25. The van der Waals surface area contributed by atoms with Crippen LogP contribution in [0.25, 0.3) is 0 Å². The smallest absolute Gasteiger partial charge is 0.251 e. The van der Waals surface area contributed by atoms with E-state index >= 15 is 0 Å². The predicted molar refractivity (Wildman–Crippen MR) is 87.0 cm³/mol. The zero-order chi connectivity index (χ0) is 14.7. The highest BCUT2D eigenvalue weighted by atomic mass is 16.1. The Kier molecular flexibility index (Phi) is 4.47.